The van der Waals surface area contributed by atoms with Crippen molar-refractivity contribution in [3.63, 3.8) is 0 Å². The van der Waals surface area contributed by atoms with E-state index >= 15 is 0 Å². The highest BCUT2D eigenvalue weighted by Crippen LogP contribution is 2.25. The summed E-state index contributed by atoms with van der Waals surface area (Å²) < 4.78 is 6.62. The highest BCUT2D eigenvalue weighted by molar-refractivity contribution is 14.1. The molecule has 5 heteroatoms. The largest absolute Gasteiger partial charge is 0.465 e. The van der Waals surface area contributed by atoms with Crippen molar-refractivity contribution in [3.05, 3.63) is 31.3 Å². The Balaban J connectivity index is 3.32. The van der Waals surface area contributed by atoms with Gasteiger partial charge in [-0.3, -0.25) is 0 Å². The molecule has 0 atom stereocenters. The summed E-state index contributed by atoms with van der Waals surface area (Å²) in [6, 6.07) is 3.73. The molecular formula is C9H7Br2IO2. The monoisotopic (exact) mass is 432 g/mol. The third kappa shape index (κ3) is 2.70. The molecule has 0 saturated carbocycles. The van der Waals surface area contributed by atoms with Crippen LogP contribution in [0.4, 0.5) is 0 Å². The number of carbonyl (C=O) groups excluding carboxylic acids is 1. The first-order valence-electron chi connectivity index (χ1n) is 3.72. The van der Waals surface area contributed by atoms with Crippen molar-refractivity contribution in [1.29, 1.82) is 0 Å². The van der Waals surface area contributed by atoms with Gasteiger partial charge in [0.2, 0.25) is 0 Å². The van der Waals surface area contributed by atoms with Gasteiger partial charge in [0.05, 0.1) is 12.7 Å². The normalized spacial score (nSPS) is 10.0. The second-order valence-corrected chi connectivity index (χ2v) is 5.18. The summed E-state index contributed by atoms with van der Waals surface area (Å²) in [6.07, 6.45) is 0. The molecule has 1 rings (SSSR count). The van der Waals surface area contributed by atoms with Gasteiger partial charge in [0.25, 0.3) is 0 Å². The van der Waals surface area contributed by atoms with Crippen molar-refractivity contribution in [2.75, 3.05) is 7.11 Å². The Morgan fingerprint density at radius 1 is 1.57 bits per heavy atom. The average Bonchev–Trinajstić information content (AvgIpc) is 2.15. The molecule has 76 valence electrons. The third-order valence-electron chi connectivity index (χ3n) is 1.70. The second-order valence-electron chi connectivity index (χ2n) is 2.54. The lowest BCUT2D eigenvalue weighted by Gasteiger charge is -2.08. The van der Waals surface area contributed by atoms with E-state index in [1.807, 2.05) is 6.07 Å². The highest BCUT2D eigenvalue weighted by atomic mass is 127. The van der Waals surface area contributed by atoms with Crippen molar-refractivity contribution in [2.45, 2.75) is 5.33 Å². The Hall–Kier alpha value is 0.380. The van der Waals surface area contributed by atoms with E-state index in [0.29, 0.717) is 10.9 Å². The van der Waals surface area contributed by atoms with Crippen LogP contribution in [0.25, 0.3) is 0 Å². The highest BCUT2D eigenvalue weighted by Gasteiger charge is 2.14. The Morgan fingerprint density at radius 3 is 2.71 bits per heavy atom. The van der Waals surface area contributed by atoms with Gasteiger partial charge in [-0.1, -0.05) is 31.9 Å². The first-order chi connectivity index (χ1) is 6.60. The van der Waals surface area contributed by atoms with Gasteiger partial charge in [-0.2, -0.15) is 0 Å². The Bertz CT molecular complexity index is 366. The number of alkyl halides is 1. The first-order valence-corrected chi connectivity index (χ1v) is 6.71. The molecule has 0 heterocycles. The summed E-state index contributed by atoms with van der Waals surface area (Å²) in [5, 5.41) is 0.642. The molecule has 0 radical (unpaired) electrons. The Labute approximate surface area is 113 Å². The van der Waals surface area contributed by atoms with Crippen LogP contribution >= 0.6 is 54.5 Å². The topological polar surface area (TPSA) is 26.3 Å². The van der Waals surface area contributed by atoms with Crippen molar-refractivity contribution >= 4 is 60.4 Å². The number of rotatable bonds is 2. The molecule has 0 aliphatic heterocycles. The molecule has 0 aliphatic carbocycles. The van der Waals surface area contributed by atoms with Crippen LogP contribution < -0.4 is 0 Å². The molecule has 2 nitrogen and oxygen atoms in total. The van der Waals surface area contributed by atoms with Crippen LogP contribution in [0.15, 0.2) is 16.6 Å². The summed E-state index contributed by atoms with van der Waals surface area (Å²) in [7, 11) is 1.38. The zero-order valence-corrected chi connectivity index (χ0v) is 12.6. The summed E-state index contributed by atoms with van der Waals surface area (Å²) in [4.78, 5) is 11.4. The number of hydrogen-bond donors (Lipinski definition) is 0. The number of hydrogen-bond acceptors (Lipinski definition) is 2. The van der Waals surface area contributed by atoms with E-state index < -0.39 is 0 Å². The molecule has 0 N–H and O–H groups in total. The van der Waals surface area contributed by atoms with E-state index in [-0.39, 0.29) is 5.97 Å². The van der Waals surface area contributed by atoms with E-state index in [4.69, 9.17) is 4.74 Å². The Kier molecular flexibility index (Phi) is 4.86. The van der Waals surface area contributed by atoms with Crippen molar-refractivity contribution in [1.82, 2.24) is 0 Å². The minimum absolute atomic E-state index is 0.307. The van der Waals surface area contributed by atoms with Crippen LogP contribution in [-0.4, -0.2) is 13.1 Å². The number of ether oxygens (including phenoxy) is 1. The van der Waals surface area contributed by atoms with E-state index in [1.54, 1.807) is 6.07 Å². The molecule has 1 aromatic carbocycles. The van der Waals surface area contributed by atoms with Gasteiger partial charge >= 0.3 is 5.97 Å². The molecular weight excluding hydrogens is 427 g/mol. The molecule has 0 aliphatic rings. The van der Waals surface area contributed by atoms with Gasteiger partial charge in [-0.05, 0) is 40.3 Å². The molecule has 0 amide bonds. The summed E-state index contributed by atoms with van der Waals surface area (Å²) in [5.41, 5.74) is 1.56. The maximum absolute atomic E-state index is 11.4. The zero-order valence-electron chi connectivity index (χ0n) is 7.31. The van der Waals surface area contributed by atoms with Crippen LogP contribution in [0.3, 0.4) is 0 Å². The lowest BCUT2D eigenvalue weighted by molar-refractivity contribution is 0.0599. The van der Waals surface area contributed by atoms with E-state index in [9.17, 15) is 4.79 Å². The summed E-state index contributed by atoms with van der Waals surface area (Å²) >= 11 is 8.89. The predicted octanol–water partition coefficient (Wildman–Crippen LogP) is 3.74. The number of halogens is 3. The second kappa shape index (κ2) is 5.46. The fourth-order valence-corrected chi connectivity index (χ4v) is 3.86. The van der Waals surface area contributed by atoms with Crippen LogP contribution in [0, 0.1) is 3.57 Å². The molecule has 0 aromatic heterocycles. The van der Waals surface area contributed by atoms with E-state index in [1.165, 1.54) is 7.11 Å². The first kappa shape index (κ1) is 12.4. The minimum Gasteiger partial charge on any atom is -0.465 e. The molecule has 0 spiro atoms. The fraction of sp³-hybridized carbons (Fsp3) is 0.222. The molecule has 0 bridgehead atoms. The minimum atomic E-state index is -0.307. The van der Waals surface area contributed by atoms with Gasteiger partial charge in [-0.15, -0.1) is 0 Å². The van der Waals surface area contributed by atoms with Crippen molar-refractivity contribution in [2.24, 2.45) is 0 Å². The smallest absolute Gasteiger partial charge is 0.338 e. The predicted molar refractivity (Wildman–Crippen MR) is 70.8 cm³/mol. The van der Waals surface area contributed by atoms with Crippen molar-refractivity contribution in [3.8, 4) is 0 Å². The number of carbonyl (C=O) groups is 1. The number of esters is 1. The van der Waals surface area contributed by atoms with Gasteiger partial charge < -0.3 is 4.74 Å². The van der Waals surface area contributed by atoms with Gasteiger partial charge in [0.1, 0.15) is 0 Å². The maximum Gasteiger partial charge on any atom is 0.338 e. The van der Waals surface area contributed by atoms with E-state index in [0.717, 1.165) is 13.6 Å². The lowest BCUT2D eigenvalue weighted by Crippen LogP contribution is -2.06. The lowest BCUT2D eigenvalue weighted by atomic mass is 10.1. The van der Waals surface area contributed by atoms with Crippen LogP contribution in [-0.2, 0) is 10.1 Å². The van der Waals surface area contributed by atoms with Crippen LogP contribution in [0.1, 0.15) is 15.9 Å². The quantitative estimate of drug-likeness (QED) is 0.403. The van der Waals surface area contributed by atoms with Crippen LogP contribution in [0.2, 0.25) is 0 Å². The molecule has 1 aromatic rings. The number of methoxy groups -OCH3 is 1. The van der Waals surface area contributed by atoms with Gasteiger partial charge in [0, 0.05) is 13.4 Å². The maximum atomic E-state index is 11.4. The average molecular weight is 434 g/mol. The van der Waals surface area contributed by atoms with Gasteiger partial charge in [0.15, 0.2) is 0 Å². The SMILES string of the molecule is COC(=O)c1cc(Br)cc(I)c1CBr. The molecule has 0 saturated heterocycles. The Morgan fingerprint density at radius 2 is 2.21 bits per heavy atom. The van der Waals surface area contributed by atoms with Crippen LogP contribution in [0.5, 0.6) is 0 Å². The molecule has 0 fully saturated rings. The molecule has 14 heavy (non-hydrogen) atoms. The summed E-state index contributed by atoms with van der Waals surface area (Å²) in [5.74, 6) is -0.307. The third-order valence-corrected chi connectivity index (χ3v) is 3.68. The van der Waals surface area contributed by atoms with Gasteiger partial charge in [-0.25, -0.2) is 4.79 Å². The zero-order chi connectivity index (χ0) is 10.7. The van der Waals surface area contributed by atoms with E-state index in [2.05, 4.69) is 54.5 Å². The van der Waals surface area contributed by atoms with Crippen molar-refractivity contribution < 1.29 is 9.53 Å². The standard InChI is InChI=1S/C9H7Br2IO2/c1-14-9(13)6-2-5(11)3-8(12)7(6)4-10/h2-3H,4H2,1H3. The summed E-state index contributed by atoms with van der Waals surface area (Å²) in [6.45, 7) is 0. The fourth-order valence-electron chi connectivity index (χ4n) is 1.03. The molecule has 0 unspecified atom stereocenters. The number of benzene rings is 1.